The van der Waals surface area contributed by atoms with Gasteiger partial charge in [0.15, 0.2) is 0 Å². The first-order valence-electron chi connectivity index (χ1n) is 9.03. The Labute approximate surface area is 162 Å². The van der Waals surface area contributed by atoms with E-state index in [9.17, 15) is 14.7 Å². The summed E-state index contributed by atoms with van der Waals surface area (Å²) in [7, 11) is 0. The molecule has 1 aliphatic heterocycles. The first-order valence-corrected chi connectivity index (χ1v) is 9.03. The largest absolute Gasteiger partial charge is 0.489 e. The van der Waals surface area contributed by atoms with Gasteiger partial charge in [0.2, 0.25) is 0 Å². The molecule has 0 saturated carbocycles. The highest BCUT2D eigenvalue weighted by molar-refractivity contribution is 6.21. The van der Waals surface area contributed by atoms with E-state index in [1.165, 1.54) is 0 Å². The zero-order chi connectivity index (χ0) is 19.5. The zero-order valence-electron chi connectivity index (χ0n) is 15.1. The molecule has 5 heteroatoms. The molecule has 1 unspecified atom stereocenters. The molecule has 3 aromatic carbocycles. The van der Waals surface area contributed by atoms with Gasteiger partial charge in [0.05, 0.1) is 23.8 Å². The molecular formula is C23H19NO4. The molecule has 2 amide bonds. The normalized spacial score (nSPS) is 14.1. The Balaban J connectivity index is 1.51. The van der Waals surface area contributed by atoms with Gasteiger partial charge in [0, 0.05) is 0 Å². The van der Waals surface area contributed by atoms with Crippen molar-refractivity contribution < 1.29 is 19.4 Å². The van der Waals surface area contributed by atoms with E-state index in [0.717, 1.165) is 10.5 Å². The monoisotopic (exact) mass is 373 g/mol. The van der Waals surface area contributed by atoms with E-state index in [4.69, 9.17) is 4.74 Å². The number of amides is 2. The number of ether oxygens (including phenoxy) is 1. The third-order valence-electron chi connectivity index (χ3n) is 4.82. The van der Waals surface area contributed by atoms with Crippen molar-refractivity contribution in [2.75, 3.05) is 6.61 Å². The van der Waals surface area contributed by atoms with Crippen LogP contribution in [0.1, 0.15) is 37.9 Å². The number of aliphatic hydroxyl groups excluding tert-OH is 1. The number of carbonyl (C=O) groups excluding carboxylic acids is 2. The van der Waals surface area contributed by atoms with Crippen LogP contribution in [-0.2, 0) is 6.61 Å². The maximum absolute atomic E-state index is 12.7. The van der Waals surface area contributed by atoms with Gasteiger partial charge in [0.1, 0.15) is 12.4 Å². The van der Waals surface area contributed by atoms with Crippen molar-refractivity contribution in [3.05, 3.63) is 101 Å². The summed E-state index contributed by atoms with van der Waals surface area (Å²) >= 11 is 0. The summed E-state index contributed by atoms with van der Waals surface area (Å²) in [4.78, 5) is 26.5. The van der Waals surface area contributed by atoms with E-state index in [0.29, 0.717) is 29.0 Å². The van der Waals surface area contributed by atoms with Gasteiger partial charge >= 0.3 is 0 Å². The maximum atomic E-state index is 12.7. The van der Waals surface area contributed by atoms with Crippen LogP contribution in [-0.4, -0.2) is 28.4 Å². The van der Waals surface area contributed by atoms with Crippen molar-refractivity contribution in [3.63, 3.8) is 0 Å². The highest BCUT2D eigenvalue weighted by Crippen LogP contribution is 2.31. The van der Waals surface area contributed by atoms with Crippen LogP contribution in [0.25, 0.3) is 0 Å². The van der Waals surface area contributed by atoms with Crippen molar-refractivity contribution in [2.45, 2.75) is 12.6 Å². The smallest absolute Gasteiger partial charge is 0.262 e. The van der Waals surface area contributed by atoms with Gasteiger partial charge in [-0.15, -0.1) is 0 Å². The SMILES string of the molecule is O=C1c2ccccc2C(=O)N1C(CO)c1ccc(OCc2ccccc2)cc1. The Bertz CT molecular complexity index is 964. The first kappa shape index (κ1) is 17.9. The molecule has 1 heterocycles. The lowest BCUT2D eigenvalue weighted by Crippen LogP contribution is -2.36. The molecule has 3 aromatic rings. The minimum atomic E-state index is -0.740. The number of hydrogen-bond acceptors (Lipinski definition) is 4. The molecule has 0 bridgehead atoms. The van der Waals surface area contributed by atoms with E-state index < -0.39 is 6.04 Å². The molecule has 4 rings (SSSR count). The summed E-state index contributed by atoms with van der Waals surface area (Å²) < 4.78 is 5.77. The summed E-state index contributed by atoms with van der Waals surface area (Å²) in [6.07, 6.45) is 0. The molecule has 28 heavy (non-hydrogen) atoms. The fourth-order valence-electron chi connectivity index (χ4n) is 3.35. The molecule has 0 saturated heterocycles. The minimum absolute atomic E-state index is 0.352. The fourth-order valence-corrected chi connectivity index (χ4v) is 3.35. The van der Waals surface area contributed by atoms with E-state index >= 15 is 0 Å². The predicted octanol–water partition coefficient (Wildman–Crippen LogP) is 3.60. The lowest BCUT2D eigenvalue weighted by atomic mass is 10.1. The topological polar surface area (TPSA) is 66.8 Å². The van der Waals surface area contributed by atoms with E-state index in [2.05, 4.69) is 0 Å². The molecule has 1 atom stereocenters. The number of rotatable bonds is 6. The number of aliphatic hydroxyl groups is 1. The number of carbonyl (C=O) groups is 2. The number of benzene rings is 3. The summed E-state index contributed by atoms with van der Waals surface area (Å²) in [5.74, 6) is -0.0974. The predicted molar refractivity (Wildman–Crippen MR) is 104 cm³/mol. The Morgan fingerprint density at radius 3 is 1.93 bits per heavy atom. The second-order valence-corrected chi connectivity index (χ2v) is 6.57. The Morgan fingerprint density at radius 1 is 0.786 bits per heavy atom. The molecule has 140 valence electrons. The van der Waals surface area contributed by atoms with Crippen LogP contribution < -0.4 is 4.74 Å². The van der Waals surface area contributed by atoms with Gasteiger partial charge in [-0.3, -0.25) is 14.5 Å². The van der Waals surface area contributed by atoms with E-state index in [1.807, 2.05) is 30.3 Å². The number of imide groups is 1. The molecule has 0 aromatic heterocycles. The van der Waals surface area contributed by atoms with Gasteiger partial charge in [-0.05, 0) is 35.4 Å². The van der Waals surface area contributed by atoms with Crippen LogP contribution in [0.5, 0.6) is 5.75 Å². The molecule has 0 radical (unpaired) electrons. The Hall–Kier alpha value is -3.44. The van der Waals surface area contributed by atoms with Crippen molar-refractivity contribution in [1.29, 1.82) is 0 Å². The second kappa shape index (κ2) is 7.66. The quantitative estimate of drug-likeness (QED) is 0.671. The van der Waals surface area contributed by atoms with Gasteiger partial charge in [-0.2, -0.15) is 0 Å². The number of nitrogens with zero attached hydrogens (tertiary/aromatic N) is 1. The maximum Gasteiger partial charge on any atom is 0.262 e. The van der Waals surface area contributed by atoms with Crippen molar-refractivity contribution in [3.8, 4) is 5.75 Å². The fraction of sp³-hybridized carbons (Fsp3) is 0.130. The van der Waals surface area contributed by atoms with Gasteiger partial charge < -0.3 is 9.84 Å². The summed E-state index contributed by atoms with van der Waals surface area (Å²) in [5, 5.41) is 9.90. The van der Waals surface area contributed by atoms with Gasteiger partial charge in [-0.1, -0.05) is 54.6 Å². The summed E-state index contributed by atoms with van der Waals surface area (Å²) in [5.41, 5.74) is 2.47. The van der Waals surface area contributed by atoms with Crippen LogP contribution in [0.4, 0.5) is 0 Å². The molecule has 5 nitrogen and oxygen atoms in total. The second-order valence-electron chi connectivity index (χ2n) is 6.57. The molecule has 1 aliphatic rings. The van der Waals surface area contributed by atoms with E-state index in [-0.39, 0.29) is 18.4 Å². The minimum Gasteiger partial charge on any atom is -0.489 e. The Kier molecular flexibility index (Phi) is 4.91. The summed E-state index contributed by atoms with van der Waals surface area (Å²) in [6.45, 7) is 0.0949. The molecular weight excluding hydrogens is 354 g/mol. The van der Waals surface area contributed by atoms with Crippen LogP contribution in [0.2, 0.25) is 0 Å². The summed E-state index contributed by atoms with van der Waals surface area (Å²) in [6, 6.07) is 22.9. The third-order valence-corrected chi connectivity index (χ3v) is 4.82. The first-order chi connectivity index (χ1) is 13.7. The van der Waals surface area contributed by atoms with Crippen LogP contribution in [0.3, 0.4) is 0 Å². The molecule has 1 N–H and O–H groups in total. The van der Waals surface area contributed by atoms with Crippen LogP contribution in [0.15, 0.2) is 78.9 Å². The molecule has 0 aliphatic carbocycles. The number of hydrogen-bond donors (Lipinski definition) is 1. The number of fused-ring (bicyclic) bond motifs is 1. The average molecular weight is 373 g/mol. The van der Waals surface area contributed by atoms with Crippen molar-refractivity contribution in [2.24, 2.45) is 0 Å². The van der Waals surface area contributed by atoms with E-state index in [1.54, 1.807) is 48.5 Å². The zero-order valence-corrected chi connectivity index (χ0v) is 15.1. The Morgan fingerprint density at radius 2 is 1.36 bits per heavy atom. The third kappa shape index (κ3) is 3.28. The molecule has 0 spiro atoms. The highest BCUT2D eigenvalue weighted by Gasteiger charge is 2.40. The standard InChI is InChI=1S/C23H19NO4/c25-14-21(24-22(26)19-8-4-5-9-20(19)23(24)27)17-10-12-18(13-11-17)28-15-16-6-2-1-3-7-16/h1-13,21,25H,14-15H2. The average Bonchev–Trinajstić information content (AvgIpc) is 3.00. The molecule has 0 fully saturated rings. The highest BCUT2D eigenvalue weighted by atomic mass is 16.5. The van der Waals surface area contributed by atoms with Crippen LogP contribution in [0, 0.1) is 0 Å². The van der Waals surface area contributed by atoms with Crippen molar-refractivity contribution >= 4 is 11.8 Å². The van der Waals surface area contributed by atoms with Gasteiger partial charge in [0.25, 0.3) is 11.8 Å². The van der Waals surface area contributed by atoms with Crippen LogP contribution >= 0.6 is 0 Å². The lowest BCUT2D eigenvalue weighted by molar-refractivity contribution is 0.0514. The lowest BCUT2D eigenvalue weighted by Gasteiger charge is -2.25. The van der Waals surface area contributed by atoms with Gasteiger partial charge in [-0.25, -0.2) is 0 Å². The van der Waals surface area contributed by atoms with Crippen molar-refractivity contribution in [1.82, 2.24) is 4.90 Å².